The summed E-state index contributed by atoms with van der Waals surface area (Å²) in [7, 11) is 0. The highest BCUT2D eigenvalue weighted by Crippen LogP contribution is 2.45. The minimum Gasteiger partial charge on any atom is -0.354 e. The van der Waals surface area contributed by atoms with E-state index < -0.39 is 5.41 Å². The summed E-state index contributed by atoms with van der Waals surface area (Å²) >= 11 is 1.95. The highest BCUT2D eigenvalue weighted by atomic mass is 32.2. The fourth-order valence-electron chi connectivity index (χ4n) is 2.61. The van der Waals surface area contributed by atoms with Crippen LogP contribution in [0.15, 0.2) is 0 Å². The number of thioether (sulfide) groups is 1. The molecule has 0 aromatic carbocycles. The molecule has 1 atom stereocenters. The summed E-state index contributed by atoms with van der Waals surface area (Å²) in [4.78, 5) is 11.9. The zero-order chi connectivity index (χ0) is 11.6. The summed E-state index contributed by atoms with van der Waals surface area (Å²) in [6, 6.07) is 2.20. The second-order valence-electron chi connectivity index (χ2n) is 5.15. The summed E-state index contributed by atoms with van der Waals surface area (Å²) in [5.41, 5.74) is -0.703. The lowest BCUT2D eigenvalue weighted by atomic mass is 9.63. The Morgan fingerprint density at radius 3 is 2.88 bits per heavy atom. The summed E-state index contributed by atoms with van der Waals surface area (Å²) in [5, 5.41) is 12.1. The Morgan fingerprint density at radius 2 is 2.38 bits per heavy atom. The summed E-state index contributed by atoms with van der Waals surface area (Å²) in [6.45, 7) is 2.85. The maximum atomic E-state index is 11.9. The molecule has 0 bridgehead atoms. The molecule has 0 spiro atoms. The van der Waals surface area contributed by atoms with Crippen molar-refractivity contribution < 1.29 is 4.79 Å². The van der Waals surface area contributed by atoms with Gasteiger partial charge in [0.2, 0.25) is 5.91 Å². The largest absolute Gasteiger partial charge is 0.354 e. The molecule has 4 heteroatoms. The van der Waals surface area contributed by atoms with Gasteiger partial charge in [0.05, 0.1) is 6.07 Å². The van der Waals surface area contributed by atoms with Crippen molar-refractivity contribution in [2.45, 2.75) is 26.2 Å². The van der Waals surface area contributed by atoms with E-state index in [0.717, 1.165) is 25.1 Å². The van der Waals surface area contributed by atoms with E-state index in [-0.39, 0.29) is 5.91 Å². The maximum Gasteiger partial charge on any atom is 0.240 e. The molecule has 2 fully saturated rings. The zero-order valence-corrected chi connectivity index (χ0v) is 10.5. The number of carbonyl (C=O) groups is 1. The van der Waals surface area contributed by atoms with Crippen LogP contribution in [0.25, 0.3) is 0 Å². The average Bonchev–Trinajstić information content (AvgIpc) is 2.73. The van der Waals surface area contributed by atoms with E-state index in [1.54, 1.807) is 0 Å². The molecular formula is C12H18N2OS. The minimum absolute atomic E-state index is 0.0370. The van der Waals surface area contributed by atoms with E-state index in [2.05, 4.69) is 18.3 Å². The number of hydrogen-bond donors (Lipinski definition) is 1. The topological polar surface area (TPSA) is 52.9 Å². The predicted molar refractivity (Wildman–Crippen MR) is 64.9 cm³/mol. The molecule has 1 unspecified atom stereocenters. The molecule has 0 radical (unpaired) electrons. The van der Waals surface area contributed by atoms with Crippen molar-refractivity contribution in [3.05, 3.63) is 0 Å². The van der Waals surface area contributed by atoms with Gasteiger partial charge in [-0.2, -0.15) is 17.0 Å². The van der Waals surface area contributed by atoms with E-state index in [4.69, 9.17) is 5.26 Å². The van der Waals surface area contributed by atoms with Gasteiger partial charge in [-0.15, -0.1) is 0 Å². The SMILES string of the molecule is CC1CC(C#N)(C(=O)NCC2CCSC2)C1. The number of hydrogen-bond acceptors (Lipinski definition) is 3. The lowest BCUT2D eigenvalue weighted by Gasteiger charge is -2.39. The number of nitriles is 1. The van der Waals surface area contributed by atoms with Crippen molar-refractivity contribution in [3.63, 3.8) is 0 Å². The Labute approximate surface area is 101 Å². The standard InChI is InChI=1S/C12H18N2OS/c1-9-4-12(5-9,8-13)11(15)14-6-10-2-3-16-7-10/h9-10H,2-7H2,1H3,(H,14,15). The second-order valence-corrected chi connectivity index (χ2v) is 6.30. The minimum atomic E-state index is -0.703. The Bertz CT molecular complexity index is 311. The number of rotatable bonds is 3. The van der Waals surface area contributed by atoms with Crippen LogP contribution in [0.2, 0.25) is 0 Å². The monoisotopic (exact) mass is 238 g/mol. The van der Waals surface area contributed by atoms with Crippen molar-refractivity contribution in [2.24, 2.45) is 17.3 Å². The molecule has 1 aliphatic heterocycles. The van der Waals surface area contributed by atoms with Gasteiger partial charge < -0.3 is 5.32 Å². The maximum absolute atomic E-state index is 11.9. The average molecular weight is 238 g/mol. The van der Waals surface area contributed by atoms with Crippen LogP contribution in [0.1, 0.15) is 26.2 Å². The van der Waals surface area contributed by atoms with Gasteiger partial charge in [0.25, 0.3) is 0 Å². The molecular weight excluding hydrogens is 220 g/mol. The number of amides is 1. The van der Waals surface area contributed by atoms with Crippen LogP contribution in [0.3, 0.4) is 0 Å². The van der Waals surface area contributed by atoms with Crippen LogP contribution in [0, 0.1) is 28.6 Å². The van der Waals surface area contributed by atoms with E-state index in [0.29, 0.717) is 11.8 Å². The van der Waals surface area contributed by atoms with Gasteiger partial charge in [0.1, 0.15) is 5.41 Å². The lowest BCUT2D eigenvalue weighted by Crippen LogP contribution is -2.49. The van der Waals surface area contributed by atoms with Crippen LogP contribution in [0.5, 0.6) is 0 Å². The van der Waals surface area contributed by atoms with Gasteiger partial charge in [-0.25, -0.2) is 0 Å². The van der Waals surface area contributed by atoms with E-state index in [9.17, 15) is 4.79 Å². The van der Waals surface area contributed by atoms with Gasteiger partial charge in [0.15, 0.2) is 0 Å². The Hall–Kier alpha value is -0.690. The highest BCUT2D eigenvalue weighted by molar-refractivity contribution is 7.99. The quantitative estimate of drug-likeness (QED) is 0.815. The lowest BCUT2D eigenvalue weighted by molar-refractivity contribution is -0.134. The van der Waals surface area contributed by atoms with Crippen molar-refractivity contribution in [3.8, 4) is 6.07 Å². The van der Waals surface area contributed by atoms with Crippen molar-refractivity contribution >= 4 is 17.7 Å². The second kappa shape index (κ2) is 4.67. The van der Waals surface area contributed by atoms with E-state index in [1.807, 2.05) is 11.8 Å². The highest BCUT2D eigenvalue weighted by Gasteiger charge is 2.48. The molecule has 1 N–H and O–H groups in total. The van der Waals surface area contributed by atoms with Crippen molar-refractivity contribution in [1.29, 1.82) is 5.26 Å². The number of nitrogens with zero attached hydrogens (tertiary/aromatic N) is 1. The van der Waals surface area contributed by atoms with Crippen LogP contribution in [-0.4, -0.2) is 24.0 Å². The van der Waals surface area contributed by atoms with Crippen LogP contribution < -0.4 is 5.32 Å². The normalized spacial score (nSPS) is 37.5. The molecule has 1 saturated heterocycles. The first-order chi connectivity index (χ1) is 7.66. The van der Waals surface area contributed by atoms with Crippen molar-refractivity contribution in [1.82, 2.24) is 5.32 Å². The van der Waals surface area contributed by atoms with Crippen LogP contribution in [-0.2, 0) is 4.79 Å². The Kier molecular flexibility index (Phi) is 3.44. The van der Waals surface area contributed by atoms with Crippen molar-refractivity contribution in [2.75, 3.05) is 18.1 Å². The first-order valence-electron chi connectivity index (χ1n) is 5.93. The van der Waals surface area contributed by atoms with Gasteiger partial charge >= 0.3 is 0 Å². The third kappa shape index (κ3) is 2.20. The first-order valence-corrected chi connectivity index (χ1v) is 7.09. The molecule has 3 nitrogen and oxygen atoms in total. The molecule has 1 saturated carbocycles. The smallest absolute Gasteiger partial charge is 0.240 e. The van der Waals surface area contributed by atoms with Gasteiger partial charge in [-0.05, 0) is 42.6 Å². The molecule has 1 amide bonds. The Morgan fingerprint density at radius 1 is 1.62 bits per heavy atom. The molecule has 2 aliphatic rings. The molecule has 16 heavy (non-hydrogen) atoms. The molecule has 2 rings (SSSR count). The molecule has 0 aromatic heterocycles. The Balaban J connectivity index is 1.81. The summed E-state index contributed by atoms with van der Waals surface area (Å²) in [5.74, 6) is 3.46. The number of nitrogens with one attached hydrogen (secondary N) is 1. The van der Waals surface area contributed by atoms with E-state index >= 15 is 0 Å². The fourth-order valence-corrected chi connectivity index (χ4v) is 3.89. The van der Waals surface area contributed by atoms with E-state index in [1.165, 1.54) is 12.2 Å². The van der Waals surface area contributed by atoms with Gasteiger partial charge in [-0.3, -0.25) is 4.79 Å². The third-order valence-corrected chi connectivity index (χ3v) is 4.85. The van der Waals surface area contributed by atoms with Gasteiger partial charge in [0, 0.05) is 6.54 Å². The summed E-state index contributed by atoms with van der Waals surface area (Å²) in [6.07, 6.45) is 2.66. The van der Waals surface area contributed by atoms with Crippen LogP contribution in [0.4, 0.5) is 0 Å². The third-order valence-electron chi connectivity index (χ3n) is 3.62. The molecule has 1 aliphatic carbocycles. The zero-order valence-electron chi connectivity index (χ0n) is 9.66. The predicted octanol–water partition coefficient (Wildman–Crippen LogP) is 1.80. The molecule has 88 valence electrons. The molecule has 0 aromatic rings. The first kappa shape index (κ1) is 11.8. The fraction of sp³-hybridized carbons (Fsp3) is 0.833. The molecule has 1 heterocycles. The van der Waals surface area contributed by atoms with Gasteiger partial charge in [-0.1, -0.05) is 6.92 Å². The van der Waals surface area contributed by atoms with Crippen LogP contribution >= 0.6 is 11.8 Å². The summed E-state index contributed by atoms with van der Waals surface area (Å²) < 4.78 is 0. The number of carbonyl (C=O) groups excluding carboxylic acids is 1.